The third kappa shape index (κ3) is 2.34. The molecule has 0 bridgehead atoms. The molecule has 2 unspecified atom stereocenters. The highest BCUT2D eigenvalue weighted by atomic mass is 35.5. The van der Waals surface area contributed by atoms with Gasteiger partial charge in [-0.05, 0) is 38.3 Å². The van der Waals surface area contributed by atoms with Crippen molar-refractivity contribution in [2.75, 3.05) is 11.9 Å². The van der Waals surface area contributed by atoms with Gasteiger partial charge in [-0.1, -0.05) is 24.4 Å². The lowest BCUT2D eigenvalue weighted by atomic mass is 9.60. The number of hydrogen-bond acceptors (Lipinski definition) is 3. The average Bonchev–Trinajstić information content (AvgIpc) is 2.90. The molecule has 0 saturated heterocycles. The molecular formula is C15H21ClN2O. The van der Waals surface area contributed by atoms with Crippen LogP contribution in [0.2, 0.25) is 5.15 Å². The fourth-order valence-electron chi connectivity index (χ4n) is 3.78. The van der Waals surface area contributed by atoms with E-state index in [-0.39, 0.29) is 0 Å². The molecule has 1 aromatic rings. The van der Waals surface area contributed by atoms with Crippen molar-refractivity contribution in [3.05, 3.63) is 23.5 Å². The molecule has 3 nitrogen and oxygen atoms in total. The van der Waals surface area contributed by atoms with Crippen LogP contribution in [-0.4, -0.2) is 23.7 Å². The first-order chi connectivity index (χ1) is 9.24. The molecule has 104 valence electrons. The fourth-order valence-corrected chi connectivity index (χ4v) is 3.96. The van der Waals surface area contributed by atoms with Crippen molar-refractivity contribution in [1.29, 1.82) is 0 Å². The first-order valence-corrected chi connectivity index (χ1v) is 7.62. The van der Waals surface area contributed by atoms with Crippen LogP contribution in [0.3, 0.4) is 0 Å². The van der Waals surface area contributed by atoms with Crippen LogP contribution in [0, 0.1) is 5.41 Å². The lowest BCUT2D eigenvalue weighted by Crippen LogP contribution is -2.60. The molecule has 2 aliphatic carbocycles. The summed E-state index contributed by atoms with van der Waals surface area (Å²) in [6.45, 7) is 2.91. The van der Waals surface area contributed by atoms with Crippen molar-refractivity contribution >= 4 is 17.3 Å². The Morgan fingerprint density at radius 1 is 1.47 bits per heavy atom. The highest BCUT2D eigenvalue weighted by molar-refractivity contribution is 6.29. The second-order valence-corrected chi connectivity index (χ2v) is 6.07. The number of halogens is 1. The van der Waals surface area contributed by atoms with Gasteiger partial charge in [0.25, 0.3) is 0 Å². The molecule has 2 saturated carbocycles. The largest absolute Gasteiger partial charge is 0.381 e. The summed E-state index contributed by atoms with van der Waals surface area (Å²) in [4.78, 5) is 4.03. The molecule has 0 aliphatic heterocycles. The standard InChI is InChI=1S/C15H21ClN2O/c1-2-19-13-10-12(15(13)6-3-4-7-15)18-11-5-8-17-14(16)9-11/h5,8-9,12-13H,2-4,6-7,10H2,1H3,(H,17,18). The van der Waals surface area contributed by atoms with Crippen LogP contribution in [0.15, 0.2) is 18.3 Å². The molecule has 4 heteroatoms. The van der Waals surface area contributed by atoms with Crippen molar-refractivity contribution in [1.82, 2.24) is 4.98 Å². The summed E-state index contributed by atoms with van der Waals surface area (Å²) in [5.74, 6) is 0. The normalized spacial score (nSPS) is 28.3. The molecule has 1 N–H and O–H groups in total. The summed E-state index contributed by atoms with van der Waals surface area (Å²) in [5, 5.41) is 4.18. The maximum Gasteiger partial charge on any atom is 0.131 e. The Kier molecular flexibility index (Phi) is 3.68. The number of nitrogens with zero attached hydrogens (tertiary/aromatic N) is 1. The van der Waals surface area contributed by atoms with E-state index >= 15 is 0 Å². The van der Waals surface area contributed by atoms with Gasteiger partial charge in [0.15, 0.2) is 0 Å². The lowest BCUT2D eigenvalue weighted by molar-refractivity contribution is -0.114. The van der Waals surface area contributed by atoms with Crippen molar-refractivity contribution < 1.29 is 4.74 Å². The first kappa shape index (κ1) is 13.2. The van der Waals surface area contributed by atoms with Crippen LogP contribution >= 0.6 is 11.6 Å². The highest BCUT2D eigenvalue weighted by Crippen LogP contribution is 2.55. The summed E-state index contributed by atoms with van der Waals surface area (Å²) in [6, 6.07) is 4.41. The molecule has 1 heterocycles. The second kappa shape index (κ2) is 5.29. The van der Waals surface area contributed by atoms with Crippen molar-refractivity contribution in [2.24, 2.45) is 5.41 Å². The van der Waals surface area contributed by atoms with Gasteiger partial charge in [0.05, 0.1) is 6.10 Å². The van der Waals surface area contributed by atoms with E-state index in [1.165, 1.54) is 25.7 Å². The van der Waals surface area contributed by atoms with Gasteiger partial charge < -0.3 is 10.1 Å². The van der Waals surface area contributed by atoms with E-state index in [1.54, 1.807) is 6.20 Å². The Morgan fingerprint density at radius 3 is 2.95 bits per heavy atom. The number of rotatable bonds is 4. The maximum atomic E-state index is 5.94. The van der Waals surface area contributed by atoms with Crippen molar-refractivity contribution in [2.45, 2.75) is 51.2 Å². The molecule has 0 radical (unpaired) electrons. The third-order valence-electron chi connectivity index (χ3n) is 4.75. The number of ether oxygens (including phenoxy) is 1. The molecule has 0 amide bonds. The van der Waals surface area contributed by atoms with Gasteiger partial charge in [-0.3, -0.25) is 0 Å². The summed E-state index contributed by atoms with van der Waals surface area (Å²) >= 11 is 5.94. The SMILES string of the molecule is CCOC1CC(Nc2ccnc(Cl)c2)C12CCCC2. The Labute approximate surface area is 119 Å². The van der Waals surface area contributed by atoms with E-state index < -0.39 is 0 Å². The number of anilines is 1. The zero-order valence-electron chi connectivity index (χ0n) is 11.4. The lowest BCUT2D eigenvalue weighted by Gasteiger charge is -2.54. The monoisotopic (exact) mass is 280 g/mol. The van der Waals surface area contributed by atoms with Gasteiger partial charge in [0.1, 0.15) is 5.15 Å². The topological polar surface area (TPSA) is 34.1 Å². The minimum absolute atomic E-state index is 0.353. The second-order valence-electron chi connectivity index (χ2n) is 5.68. The van der Waals surface area contributed by atoms with Crippen LogP contribution in [0.1, 0.15) is 39.0 Å². The Hall–Kier alpha value is -0.800. The van der Waals surface area contributed by atoms with E-state index in [9.17, 15) is 0 Å². The molecule has 2 fully saturated rings. The van der Waals surface area contributed by atoms with Crippen LogP contribution in [0.4, 0.5) is 5.69 Å². The Morgan fingerprint density at radius 2 is 2.26 bits per heavy atom. The first-order valence-electron chi connectivity index (χ1n) is 7.24. The minimum atomic E-state index is 0.353. The summed E-state index contributed by atoms with van der Waals surface area (Å²) in [5.41, 5.74) is 1.43. The van der Waals surface area contributed by atoms with Gasteiger partial charge in [-0.15, -0.1) is 0 Å². The van der Waals surface area contributed by atoms with Crippen LogP contribution in [-0.2, 0) is 4.74 Å². The van der Waals surface area contributed by atoms with E-state index in [0.29, 0.717) is 22.7 Å². The molecule has 2 aliphatic rings. The van der Waals surface area contributed by atoms with Crippen LogP contribution in [0.5, 0.6) is 0 Å². The highest BCUT2D eigenvalue weighted by Gasteiger charge is 2.56. The van der Waals surface area contributed by atoms with Crippen molar-refractivity contribution in [3.8, 4) is 0 Å². The molecule has 19 heavy (non-hydrogen) atoms. The molecule has 1 aromatic heterocycles. The summed E-state index contributed by atoms with van der Waals surface area (Å²) in [7, 11) is 0. The number of aromatic nitrogens is 1. The number of hydrogen-bond donors (Lipinski definition) is 1. The molecule has 0 aromatic carbocycles. The Bertz CT molecular complexity index is 446. The smallest absolute Gasteiger partial charge is 0.131 e. The summed E-state index contributed by atoms with van der Waals surface area (Å²) in [6.07, 6.45) is 8.54. The van der Waals surface area contributed by atoms with E-state index in [1.807, 2.05) is 12.1 Å². The molecular weight excluding hydrogens is 260 g/mol. The van der Waals surface area contributed by atoms with Crippen molar-refractivity contribution in [3.63, 3.8) is 0 Å². The third-order valence-corrected chi connectivity index (χ3v) is 4.96. The number of nitrogens with one attached hydrogen (secondary N) is 1. The molecule has 2 atom stereocenters. The van der Waals surface area contributed by atoms with E-state index in [4.69, 9.17) is 16.3 Å². The quantitative estimate of drug-likeness (QED) is 0.850. The van der Waals surface area contributed by atoms with Gasteiger partial charge in [0, 0.05) is 29.9 Å². The predicted molar refractivity (Wildman–Crippen MR) is 77.6 cm³/mol. The molecule has 1 spiro atoms. The van der Waals surface area contributed by atoms with E-state index in [2.05, 4.69) is 17.2 Å². The molecule has 3 rings (SSSR count). The van der Waals surface area contributed by atoms with Gasteiger partial charge >= 0.3 is 0 Å². The zero-order valence-corrected chi connectivity index (χ0v) is 12.1. The number of pyridine rings is 1. The maximum absolute atomic E-state index is 5.94. The minimum Gasteiger partial charge on any atom is -0.381 e. The Balaban J connectivity index is 1.72. The van der Waals surface area contributed by atoms with Crippen LogP contribution in [0.25, 0.3) is 0 Å². The van der Waals surface area contributed by atoms with Gasteiger partial charge in [-0.2, -0.15) is 0 Å². The zero-order chi connectivity index (χ0) is 13.3. The average molecular weight is 281 g/mol. The fraction of sp³-hybridized carbons (Fsp3) is 0.667. The van der Waals surface area contributed by atoms with Crippen LogP contribution < -0.4 is 5.32 Å². The van der Waals surface area contributed by atoms with Gasteiger partial charge in [0.2, 0.25) is 0 Å². The predicted octanol–water partition coefficient (Wildman–Crippen LogP) is 3.88. The van der Waals surface area contributed by atoms with Gasteiger partial charge in [-0.25, -0.2) is 4.98 Å². The summed E-state index contributed by atoms with van der Waals surface area (Å²) < 4.78 is 5.93. The van der Waals surface area contributed by atoms with E-state index in [0.717, 1.165) is 18.7 Å².